The number of anilines is 1. The Morgan fingerprint density at radius 1 is 0.963 bits per heavy atom. The molecule has 0 unspecified atom stereocenters. The molecular formula is C19H21Cl3N4O. The van der Waals surface area contributed by atoms with E-state index in [1.165, 1.54) is 36.6 Å². The Kier molecular flexibility index (Phi) is 5.65. The highest BCUT2D eigenvalue weighted by Gasteiger charge is 2.26. The molecule has 0 atom stereocenters. The van der Waals surface area contributed by atoms with E-state index < -0.39 is 5.56 Å². The van der Waals surface area contributed by atoms with Gasteiger partial charge >= 0.3 is 0 Å². The van der Waals surface area contributed by atoms with Crippen LogP contribution in [0, 0.1) is 0 Å². The molecule has 2 aromatic rings. The molecule has 1 aromatic heterocycles. The fraction of sp³-hybridized carbons (Fsp3) is 0.474. The molecule has 0 N–H and O–H groups in total. The Labute approximate surface area is 173 Å². The van der Waals surface area contributed by atoms with Gasteiger partial charge in [-0.3, -0.25) is 9.69 Å². The van der Waals surface area contributed by atoms with Crippen LogP contribution in [0.2, 0.25) is 15.1 Å². The molecule has 0 spiro atoms. The van der Waals surface area contributed by atoms with Crippen LogP contribution in [-0.4, -0.2) is 46.9 Å². The molecule has 2 heterocycles. The number of piperazine rings is 1. The summed E-state index contributed by atoms with van der Waals surface area (Å²) in [7, 11) is 0. The number of hydrogen-bond donors (Lipinski definition) is 0. The smallest absolute Gasteiger partial charge is 0.291 e. The van der Waals surface area contributed by atoms with Crippen LogP contribution in [0.25, 0.3) is 5.69 Å². The fourth-order valence-corrected chi connectivity index (χ4v) is 4.63. The van der Waals surface area contributed by atoms with Gasteiger partial charge in [0.15, 0.2) is 0 Å². The topological polar surface area (TPSA) is 41.4 Å². The van der Waals surface area contributed by atoms with Crippen molar-refractivity contribution in [2.45, 2.75) is 31.7 Å². The summed E-state index contributed by atoms with van der Waals surface area (Å²) in [4.78, 5) is 17.2. The molecule has 0 radical (unpaired) electrons. The number of benzene rings is 1. The number of rotatable bonds is 3. The van der Waals surface area contributed by atoms with Crippen LogP contribution < -0.4 is 10.5 Å². The van der Waals surface area contributed by atoms with Gasteiger partial charge in [-0.2, -0.15) is 9.78 Å². The van der Waals surface area contributed by atoms with Gasteiger partial charge in [-0.25, -0.2) is 0 Å². The van der Waals surface area contributed by atoms with Gasteiger partial charge in [-0.05, 0) is 31.0 Å². The van der Waals surface area contributed by atoms with Gasteiger partial charge in [-0.1, -0.05) is 47.6 Å². The summed E-state index contributed by atoms with van der Waals surface area (Å²) in [5.41, 5.74) is 1.09. The first-order valence-corrected chi connectivity index (χ1v) is 10.4. The molecule has 1 aliphatic carbocycles. The Bertz CT molecular complexity index is 887. The average molecular weight is 428 g/mol. The van der Waals surface area contributed by atoms with Crippen molar-refractivity contribution in [2.75, 3.05) is 31.1 Å². The third-order valence-corrected chi connectivity index (χ3v) is 6.60. The van der Waals surface area contributed by atoms with Gasteiger partial charge in [0.2, 0.25) is 0 Å². The summed E-state index contributed by atoms with van der Waals surface area (Å²) in [5.74, 6) is 0. The summed E-state index contributed by atoms with van der Waals surface area (Å²) in [5, 5.41) is 4.75. The minimum absolute atomic E-state index is 0.0464. The Morgan fingerprint density at radius 3 is 2.33 bits per heavy atom. The van der Waals surface area contributed by atoms with Crippen molar-refractivity contribution >= 4 is 40.5 Å². The van der Waals surface area contributed by atoms with E-state index in [1.807, 2.05) is 12.1 Å². The standard InChI is InChI=1S/C19H21Cl3N4O/c20-15-11-14(26-19(27)18(22)16(21)12-23-26)5-6-17(15)25-9-7-24(8-10-25)13-3-1-2-4-13/h5-6,11-13H,1-4,7-10H2. The van der Waals surface area contributed by atoms with Crippen LogP contribution in [0.15, 0.2) is 29.2 Å². The highest BCUT2D eigenvalue weighted by atomic mass is 35.5. The summed E-state index contributed by atoms with van der Waals surface area (Å²) in [6.45, 7) is 4.05. The SMILES string of the molecule is O=c1c(Cl)c(Cl)cnn1-c1ccc(N2CCN(C3CCCC3)CC2)c(Cl)c1. The van der Waals surface area contributed by atoms with E-state index in [-0.39, 0.29) is 10.0 Å². The lowest BCUT2D eigenvalue weighted by Crippen LogP contribution is -2.49. The number of nitrogens with zero attached hydrogens (tertiary/aromatic N) is 4. The van der Waals surface area contributed by atoms with Crippen molar-refractivity contribution < 1.29 is 0 Å². The zero-order valence-corrected chi connectivity index (χ0v) is 17.1. The van der Waals surface area contributed by atoms with Crippen LogP contribution in [0.4, 0.5) is 5.69 Å². The van der Waals surface area contributed by atoms with Gasteiger partial charge < -0.3 is 4.90 Å². The Balaban J connectivity index is 1.51. The second-order valence-electron chi connectivity index (χ2n) is 7.12. The molecule has 2 aliphatic rings. The molecule has 2 fully saturated rings. The quantitative estimate of drug-likeness (QED) is 0.734. The van der Waals surface area contributed by atoms with E-state index >= 15 is 0 Å². The van der Waals surface area contributed by atoms with E-state index in [0.717, 1.165) is 37.9 Å². The van der Waals surface area contributed by atoms with Gasteiger partial charge in [-0.15, -0.1) is 0 Å². The van der Waals surface area contributed by atoms with Crippen molar-refractivity contribution in [1.82, 2.24) is 14.7 Å². The highest BCUT2D eigenvalue weighted by molar-refractivity contribution is 6.41. The number of hydrogen-bond acceptors (Lipinski definition) is 4. The summed E-state index contributed by atoms with van der Waals surface area (Å²) < 4.78 is 1.21. The monoisotopic (exact) mass is 426 g/mol. The van der Waals surface area contributed by atoms with Gasteiger partial charge in [0, 0.05) is 32.2 Å². The lowest BCUT2D eigenvalue weighted by Gasteiger charge is -2.39. The van der Waals surface area contributed by atoms with E-state index in [4.69, 9.17) is 34.8 Å². The maximum Gasteiger partial charge on any atom is 0.291 e. The van der Waals surface area contributed by atoms with Crippen LogP contribution in [0.1, 0.15) is 25.7 Å². The zero-order chi connectivity index (χ0) is 19.0. The van der Waals surface area contributed by atoms with Crippen LogP contribution in [0.5, 0.6) is 0 Å². The average Bonchev–Trinajstić information content (AvgIpc) is 3.21. The predicted molar refractivity (Wildman–Crippen MR) is 111 cm³/mol. The van der Waals surface area contributed by atoms with E-state index in [2.05, 4.69) is 14.9 Å². The third kappa shape index (κ3) is 3.83. The summed E-state index contributed by atoms with van der Waals surface area (Å²) in [6, 6.07) is 6.29. The van der Waals surface area contributed by atoms with Crippen molar-refractivity contribution in [3.8, 4) is 5.69 Å². The second-order valence-corrected chi connectivity index (χ2v) is 8.31. The molecule has 0 bridgehead atoms. The van der Waals surface area contributed by atoms with Crippen molar-refractivity contribution in [2.24, 2.45) is 0 Å². The van der Waals surface area contributed by atoms with Gasteiger partial charge in [0.1, 0.15) is 5.02 Å². The summed E-state index contributed by atoms with van der Waals surface area (Å²) in [6.07, 6.45) is 6.75. The zero-order valence-electron chi connectivity index (χ0n) is 14.9. The van der Waals surface area contributed by atoms with E-state index in [1.54, 1.807) is 6.07 Å². The van der Waals surface area contributed by atoms with Crippen LogP contribution >= 0.6 is 34.8 Å². The molecule has 1 aliphatic heterocycles. The predicted octanol–water partition coefficient (Wildman–Crippen LogP) is 4.26. The molecule has 144 valence electrons. The highest BCUT2D eigenvalue weighted by Crippen LogP contribution is 2.30. The Morgan fingerprint density at radius 2 is 1.67 bits per heavy atom. The maximum absolute atomic E-state index is 12.3. The molecule has 0 amide bonds. The third-order valence-electron chi connectivity index (χ3n) is 5.55. The van der Waals surface area contributed by atoms with Crippen LogP contribution in [0.3, 0.4) is 0 Å². The maximum atomic E-state index is 12.3. The number of halogens is 3. The van der Waals surface area contributed by atoms with Crippen LogP contribution in [-0.2, 0) is 0 Å². The molecule has 5 nitrogen and oxygen atoms in total. The summed E-state index contributed by atoms with van der Waals surface area (Å²) >= 11 is 18.3. The van der Waals surface area contributed by atoms with E-state index in [0.29, 0.717) is 10.7 Å². The minimum atomic E-state index is -0.460. The normalized spacial score (nSPS) is 19.0. The second kappa shape index (κ2) is 8.00. The first-order valence-electron chi connectivity index (χ1n) is 9.27. The molecule has 4 rings (SSSR count). The van der Waals surface area contributed by atoms with Gasteiger partial charge in [0.25, 0.3) is 5.56 Å². The molecule has 1 saturated carbocycles. The Hall–Kier alpha value is -1.27. The molecular weight excluding hydrogens is 407 g/mol. The first kappa shape index (κ1) is 19.1. The largest absolute Gasteiger partial charge is 0.368 e. The fourth-order valence-electron chi connectivity index (χ4n) is 4.08. The molecule has 8 heteroatoms. The van der Waals surface area contributed by atoms with E-state index in [9.17, 15) is 4.79 Å². The molecule has 27 heavy (non-hydrogen) atoms. The first-order chi connectivity index (χ1) is 13.0. The lowest BCUT2D eigenvalue weighted by atomic mass is 10.1. The van der Waals surface area contributed by atoms with Crippen molar-refractivity contribution in [1.29, 1.82) is 0 Å². The van der Waals surface area contributed by atoms with Crippen molar-refractivity contribution in [3.63, 3.8) is 0 Å². The lowest BCUT2D eigenvalue weighted by molar-refractivity contribution is 0.187. The molecule has 1 saturated heterocycles. The molecule has 1 aromatic carbocycles. The van der Waals surface area contributed by atoms with Crippen molar-refractivity contribution in [3.05, 3.63) is 49.8 Å². The van der Waals surface area contributed by atoms with Gasteiger partial charge in [0.05, 0.1) is 27.6 Å². The minimum Gasteiger partial charge on any atom is -0.368 e. The number of aromatic nitrogens is 2.